The van der Waals surface area contributed by atoms with Crippen LogP contribution in [-0.4, -0.2) is 54.6 Å². The molecule has 5 rings (SSSR count). The number of fused-ring (bicyclic) bond motifs is 1. The number of benzene rings is 4. The first kappa shape index (κ1) is 47.7. The summed E-state index contributed by atoms with van der Waals surface area (Å²) in [7, 11) is -4.40. The van der Waals surface area contributed by atoms with E-state index < -0.39 is 20.7 Å². The topological polar surface area (TPSA) is 206 Å². The molecule has 0 spiro atoms. The molecule has 0 bridgehead atoms. The van der Waals surface area contributed by atoms with Crippen LogP contribution in [0.15, 0.2) is 111 Å². The summed E-state index contributed by atoms with van der Waals surface area (Å²) in [5, 5.41) is 20.3. The Balaban J connectivity index is 0. The zero-order chi connectivity index (χ0) is 41.9. The van der Waals surface area contributed by atoms with Gasteiger partial charge < -0.3 is 5.32 Å². The highest BCUT2D eigenvalue weighted by Crippen LogP contribution is 2.39. The Morgan fingerprint density at radius 3 is 1.72 bits per heavy atom. The molecule has 0 aliphatic heterocycles. The maximum absolute atomic E-state index is 11.8. The van der Waals surface area contributed by atoms with Crippen LogP contribution in [0.4, 0.5) is 23.0 Å². The van der Waals surface area contributed by atoms with Gasteiger partial charge in [0.1, 0.15) is 24.1 Å². The fraction of sp³-hybridized carbons (Fsp3) is 0.324. The molecular formula is C37H52N8O6S2. The van der Waals surface area contributed by atoms with E-state index in [1.807, 2.05) is 97.0 Å². The van der Waals surface area contributed by atoms with Gasteiger partial charge in [-0.2, -0.15) is 33.9 Å². The highest BCUT2D eigenvalue weighted by molar-refractivity contribution is 7.86. The van der Waals surface area contributed by atoms with Crippen LogP contribution in [0, 0.1) is 27.7 Å². The molecule has 0 radical (unpaired) electrons. The van der Waals surface area contributed by atoms with Crippen molar-refractivity contribution in [2.45, 2.75) is 74.1 Å². The number of aromatic nitrogens is 3. The fourth-order valence-electron chi connectivity index (χ4n) is 3.98. The van der Waals surface area contributed by atoms with Gasteiger partial charge in [0.15, 0.2) is 0 Å². The van der Waals surface area contributed by atoms with E-state index in [2.05, 4.69) is 59.8 Å². The number of anilines is 1. The van der Waals surface area contributed by atoms with Crippen molar-refractivity contribution in [3.63, 3.8) is 0 Å². The standard InChI is InChI=1S/C19H18N4O3S.C7H8.C5H8N4.3C2H6.O3S/c1-12-16(22-21-15-7-5-4-6-8-15)10-9-14-11-17(27(24,25)26)19(23-20-3)13(2)18(12)14;1-7-5-3-2-4-6-7;1-4-7-3-8-5(6-2)9-4;3*1-2;1-4(2)3/h4-11H,1-3H3,(H,24,25,26);2-6H,1H3;3H,1-2H3,(H,6,7,8,9);3*1-2H3;/i;;3T;;;;. The summed E-state index contributed by atoms with van der Waals surface area (Å²) >= 11 is 0. The molecule has 14 nitrogen and oxygen atoms in total. The lowest BCUT2D eigenvalue weighted by Gasteiger charge is -2.13. The minimum Gasteiger partial charge on any atom is -0.357 e. The lowest BCUT2D eigenvalue weighted by atomic mass is 9.98. The van der Waals surface area contributed by atoms with E-state index in [1.165, 1.54) is 18.7 Å². The number of rotatable bonds is 5. The van der Waals surface area contributed by atoms with Gasteiger partial charge in [0.2, 0.25) is 5.95 Å². The molecule has 0 saturated carbocycles. The van der Waals surface area contributed by atoms with Crippen LogP contribution in [0.25, 0.3) is 10.8 Å². The molecule has 16 heteroatoms. The molecule has 1 aromatic heterocycles. The van der Waals surface area contributed by atoms with E-state index >= 15 is 0 Å². The minimum absolute atomic E-state index is 0.00292. The van der Waals surface area contributed by atoms with Crippen molar-refractivity contribution in [3.05, 3.63) is 108 Å². The van der Waals surface area contributed by atoms with Gasteiger partial charge in [0.25, 0.3) is 10.1 Å². The Morgan fingerprint density at radius 2 is 1.28 bits per heavy atom. The smallest absolute Gasteiger partial charge is 0.357 e. The van der Waals surface area contributed by atoms with Gasteiger partial charge in [-0.3, -0.25) is 4.55 Å². The lowest BCUT2D eigenvalue weighted by Crippen LogP contribution is -2.00. The summed E-state index contributed by atoms with van der Waals surface area (Å²) in [6.45, 7) is 19.4. The van der Waals surface area contributed by atoms with Crippen molar-refractivity contribution in [2.75, 3.05) is 19.4 Å². The Labute approximate surface area is 317 Å². The average molecular weight is 771 g/mol. The average Bonchev–Trinajstić information content (AvgIpc) is 3.15. The summed E-state index contributed by atoms with van der Waals surface area (Å²) in [6.07, 6.45) is -0.00292. The van der Waals surface area contributed by atoms with Gasteiger partial charge in [0, 0.05) is 14.1 Å². The predicted molar refractivity (Wildman–Crippen MR) is 213 cm³/mol. The molecule has 1 heterocycles. The molecule has 5 aromatic rings. The van der Waals surface area contributed by atoms with Crippen molar-refractivity contribution < 1.29 is 27.0 Å². The fourth-order valence-corrected chi connectivity index (χ4v) is 4.70. The molecule has 53 heavy (non-hydrogen) atoms. The van der Waals surface area contributed by atoms with E-state index in [4.69, 9.17) is 14.0 Å². The minimum atomic E-state index is -4.43. The largest absolute Gasteiger partial charge is 0.425 e. The highest BCUT2D eigenvalue weighted by Gasteiger charge is 2.21. The molecule has 0 amide bonds. The SMILES string of the molecule is CC.CC.CC.CN=Nc1c(S(=O)(=O)O)cc2ccc(N=Nc3ccccc3)c(C)c2c1C.Cc1ccccc1.O=S(=O)=O.[3H]c1nc(C)nc(NC)n1. The van der Waals surface area contributed by atoms with Crippen LogP contribution < -0.4 is 5.32 Å². The van der Waals surface area contributed by atoms with Gasteiger partial charge in [-0.05, 0) is 73.9 Å². The number of nitrogens with one attached hydrogen (secondary N) is 1. The number of azo groups is 2. The van der Waals surface area contributed by atoms with Crippen LogP contribution in [0.2, 0.25) is 0 Å². The Hall–Kier alpha value is -5.32. The van der Waals surface area contributed by atoms with E-state index in [9.17, 15) is 13.0 Å². The van der Waals surface area contributed by atoms with Crippen LogP contribution in [0.5, 0.6) is 0 Å². The van der Waals surface area contributed by atoms with Crippen molar-refractivity contribution in [2.24, 2.45) is 20.5 Å². The molecule has 4 aromatic carbocycles. The molecule has 0 saturated heterocycles. The van der Waals surface area contributed by atoms with Crippen LogP contribution in [0.1, 0.15) is 65.4 Å². The third-order valence-electron chi connectivity index (χ3n) is 6.03. The van der Waals surface area contributed by atoms with E-state index in [-0.39, 0.29) is 16.9 Å². The second kappa shape index (κ2) is 28.3. The first-order chi connectivity index (χ1) is 25.7. The van der Waals surface area contributed by atoms with Crippen LogP contribution in [-0.2, 0) is 20.7 Å². The van der Waals surface area contributed by atoms with Gasteiger partial charge in [-0.15, -0.1) is 12.6 Å². The number of hydrogen-bond donors (Lipinski definition) is 2. The van der Waals surface area contributed by atoms with Gasteiger partial charge >= 0.3 is 10.6 Å². The summed E-state index contributed by atoms with van der Waals surface area (Å²) in [4.78, 5) is 11.0. The lowest BCUT2D eigenvalue weighted by molar-refractivity contribution is 0.483. The Kier molecular flexibility index (Phi) is 25.4. The van der Waals surface area contributed by atoms with Crippen LogP contribution in [0.3, 0.4) is 0 Å². The monoisotopic (exact) mass is 770 g/mol. The third kappa shape index (κ3) is 19.2. The molecule has 0 aliphatic rings. The molecule has 288 valence electrons. The molecule has 0 fully saturated rings. The zero-order valence-electron chi connectivity index (χ0n) is 33.4. The number of nitrogens with zero attached hydrogens (tertiary/aromatic N) is 7. The summed E-state index contributed by atoms with van der Waals surface area (Å²) in [5.41, 5.74) is 4.26. The summed E-state index contributed by atoms with van der Waals surface area (Å²) < 4.78 is 65.5. The maximum atomic E-state index is 11.8. The molecule has 0 atom stereocenters. The summed E-state index contributed by atoms with van der Waals surface area (Å²) in [6, 6.07) is 24.5. The Morgan fingerprint density at radius 1 is 0.755 bits per heavy atom. The van der Waals surface area contributed by atoms with Gasteiger partial charge in [-0.25, -0.2) is 9.97 Å². The molecule has 2 N–H and O–H groups in total. The van der Waals surface area contributed by atoms with Gasteiger partial charge in [0.05, 0.1) is 11.4 Å². The van der Waals surface area contributed by atoms with Crippen molar-refractivity contribution in [1.82, 2.24) is 15.0 Å². The Bertz CT molecular complexity index is 2100. The van der Waals surface area contributed by atoms with Gasteiger partial charge in [-0.1, -0.05) is 102 Å². The maximum Gasteiger partial charge on any atom is 0.425 e. The molecular weight excluding hydrogens is 717 g/mol. The number of aryl methyl sites for hydroxylation is 4. The molecule has 0 aliphatic carbocycles. The molecule has 0 unspecified atom stereocenters. The van der Waals surface area contributed by atoms with E-state index in [0.717, 1.165) is 16.6 Å². The quantitative estimate of drug-likeness (QED) is 0.128. The van der Waals surface area contributed by atoms with E-state index in [0.29, 0.717) is 28.4 Å². The summed E-state index contributed by atoms with van der Waals surface area (Å²) in [5.74, 6) is 1.00. The van der Waals surface area contributed by atoms with Crippen LogP contribution >= 0.6 is 0 Å². The second-order valence-electron chi connectivity index (χ2n) is 9.38. The third-order valence-corrected chi connectivity index (χ3v) is 6.89. The predicted octanol–water partition coefficient (Wildman–Crippen LogP) is 10.1. The van der Waals surface area contributed by atoms with E-state index in [1.54, 1.807) is 33.0 Å². The second-order valence-corrected chi connectivity index (χ2v) is 11.2. The first-order valence-corrected chi connectivity index (χ1v) is 19.1. The van der Waals surface area contributed by atoms with Crippen molar-refractivity contribution in [3.8, 4) is 0 Å². The highest BCUT2D eigenvalue weighted by atomic mass is 32.2. The first-order valence-electron chi connectivity index (χ1n) is 17.1. The number of hydrogen-bond acceptors (Lipinski definition) is 13. The zero-order valence-corrected chi connectivity index (χ0v) is 34.1. The van der Waals surface area contributed by atoms with Crippen molar-refractivity contribution >= 4 is 54.5 Å². The normalized spacial score (nSPS) is 10.1. The van der Waals surface area contributed by atoms with Crippen molar-refractivity contribution in [1.29, 1.82) is 0 Å².